The van der Waals surface area contributed by atoms with Crippen LogP contribution >= 0.6 is 11.3 Å². The molecule has 1 aromatic heterocycles. The highest BCUT2D eigenvalue weighted by Gasteiger charge is 2.21. The maximum Gasteiger partial charge on any atom is 0.142 e. The van der Waals surface area contributed by atoms with Gasteiger partial charge < -0.3 is 19.5 Å². The van der Waals surface area contributed by atoms with Gasteiger partial charge in [0.1, 0.15) is 18.2 Å². The quantitative estimate of drug-likeness (QED) is 0.887. The lowest BCUT2D eigenvalue weighted by Crippen LogP contribution is -2.40. The zero-order valence-corrected chi connectivity index (χ0v) is 12.9. The summed E-state index contributed by atoms with van der Waals surface area (Å²) in [6.45, 7) is 2.30. The van der Waals surface area contributed by atoms with Crippen molar-refractivity contribution >= 4 is 17.0 Å². The number of fused-ring (bicyclic) bond motifs is 1. The molecule has 1 N–H and O–H groups in total. The number of aliphatic hydroxyl groups is 1. The third-order valence-corrected chi connectivity index (χ3v) is 4.30. The summed E-state index contributed by atoms with van der Waals surface area (Å²) in [5.74, 6) is 0.344. The molecule has 0 saturated heterocycles. The molecule has 1 unspecified atom stereocenters. The van der Waals surface area contributed by atoms with Gasteiger partial charge >= 0.3 is 0 Å². The first kappa shape index (κ1) is 15.3. The minimum atomic E-state index is -0.630. The Morgan fingerprint density at radius 1 is 1.41 bits per heavy atom. The molecule has 0 aliphatic carbocycles. The first-order chi connectivity index (χ1) is 10.7. The van der Waals surface area contributed by atoms with Gasteiger partial charge in [0, 0.05) is 17.5 Å². The van der Waals surface area contributed by atoms with Crippen LogP contribution in [0.1, 0.15) is 4.88 Å². The van der Waals surface area contributed by atoms with Crippen LogP contribution < -0.4 is 9.64 Å². The standard InChI is InChI=1S/C16H18FNO3S/c17-12-3-4-16-15(8-12)18(5-6-21-16)9-13(19)10-20-11-14-2-1-7-22-14/h1-4,7-8,13,19H,5-6,9-11H2. The molecule has 1 atom stereocenters. The summed E-state index contributed by atoms with van der Waals surface area (Å²) in [7, 11) is 0. The molecule has 6 heteroatoms. The fourth-order valence-electron chi connectivity index (χ4n) is 2.43. The molecule has 0 bridgehead atoms. The van der Waals surface area contributed by atoms with Crippen LogP contribution in [0, 0.1) is 5.82 Å². The molecule has 2 aromatic rings. The van der Waals surface area contributed by atoms with Crippen LogP contribution in [0.2, 0.25) is 0 Å². The Balaban J connectivity index is 1.53. The Morgan fingerprint density at radius 3 is 3.14 bits per heavy atom. The minimum Gasteiger partial charge on any atom is -0.490 e. The molecule has 22 heavy (non-hydrogen) atoms. The molecular formula is C16H18FNO3S. The van der Waals surface area contributed by atoms with E-state index in [1.165, 1.54) is 12.1 Å². The van der Waals surface area contributed by atoms with Crippen molar-refractivity contribution in [3.63, 3.8) is 0 Å². The number of hydrogen-bond donors (Lipinski definition) is 1. The number of ether oxygens (including phenoxy) is 2. The van der Waals surface area contributed by atoms with Crippen LogP contribution in [0.15, 0.2) is 35.7 Å². The van der Waals surface area contributed by atoms with Crippen LogP contribution in [-0.4, -0.2) is 37.5 Å². The summed E-state index contributed by atoms with van der Waals surface area (Å²) in [5, 5.41) is 12.1. The first-order valence-corrected chi connectivity index (χ1v) is 8.06. The summed E-state index contributed by atoms with van der Waals surface area (Å²) in [4.78, 5) is 3.06. The summed E-state index contributed by atoms with van der Waals surface area (Å²) < 4.78 is 24.4. The van der Waals surface area contributed by atoms with Gasteiger partial charge in [-0.05, 0) is 23.6 Å². The molecule has 1 aromatic carbocycles. The zero-order valence-electron chi connectivity index (χ0n) is 12.1. The van der Waals surface area contributed by atoms with Crippen molar-refractivity contribution in [2.75, 3.05) is 31.2 Å². The second-order valence-corrected chi connectivity index (χ2v) is 6.19. The van der Waals surface area contributed by atoms with Gasteiger partial charge in [-0.15, -0.1) is 11.3 Å². The van der Waals surface area contributed by atoms with E-state index in [-0.39, 0.29) is 12.4 Å². The van der Waals surface area contributed by atoms with E-state index < -0.39 is 6.10 Å². The molecule has 0 amide bonds. The molecule has 3 rings (SSSR count). The maximum absolute atomic E-state index is 13.4. The number of β-amino-alcohol motifs (C(OH)–C–C–N with tert-alkyl or cyclic N) is 1. The largest absolute Gasteiger partial charge is 0.490 e. The SMILES string of the molecule is OC(COCc1cccs1)CN1CCOc2ccc(F)cc21. The van der Waals surface area contributed by atoms with Crippen molar-refractivity contribution in [2.45, 2.75) is 12.7 Å². The van der Waals surface area contributed by atoms with Crippen molar-refractivity contribution in [1.29, 1.82) is 0 Å². The Labute approximate surface area is 132 Å². The number of thiophene rings is 1. The molecule has 0 radical (unpaired) electrons. The monoisotopic (exact) mass is 323 g/mol. The molecule has 0 fully saturated rings. The Morgan fingerprint density at radius 2 is 2.32 bits per heavy atom. The average Bonchev–Trinajstić information content (AvgIpc) is 3.01. The van der Waals surface area contributed by atoms with E-state index in [0.717, 1.165) is 4.88 Å². The zero-order chi connectivity index (χ0) is 15.4. The average molecular weight is 323 g/mol. The predicted molar refractivity (Wildman–Crippen MR) is 84.1 cm³/mol. The van der Waals surface area contributed by atoms with Gasteiger partial charge in [0.25, 0.3) is 0 Å². The maximum atomic E-state index is 13.4. The number of halogens is 1. The van der Waals surface area contributed by atoms with Crippen LogP contribution in [0.25, 0.3) is 0 Å². The lowest BCUT2D eigenvalue weighted by molar-refractivity contribution is 0.0324. The number of aliphatic hydroxyl groups excluding tert-OH is 1. The Hall–Kier alpha value is -1.63. The Kier molecular flexibility index (Phi) is 4.92. The number of anilines is 1. The van der Waals surface area contributed by atoms with E-state index >= 15 is 0 Å². The molecule has 0 saturated carbocycles. The molecule has 118 valence electrons. The second kappa shape index (κ2) is 7.09. The highest BCUT2D eigenvalue weighted by molar-refractivity contribution is 7.09. The van der Waals surface area contributed by atoms with Crippen molar-refractivity contribution in [3.8, 4) is 5.75 Å². The van der Waals surface area contributed by atoms with E-state index in [1.54, 1.807) is 17.4 Å². The Bertz CT molecular complexity index is 605. The van der Waals surface area contributed by atoms with Gasteiger partial charge in [-0.1, -0.05) is 6.07 Å². The predicted octanol–water partition coefficient (Wildman–Crippen LogP) is 2.66. The number of hydrogen-bond acceptors (Lipinski definition) is 5. The van der Waals surface area contributed by atoms with Crippen molar-refractivity contribution < 1.29 is 19.0 Å². The topological polar surface area (TPSA) is 41.9 Å². The lowest BCUT2D eigenvalue weighted by Gasteiger charge is -2.32. The first-order valence-electron chi connectivity index (χ1n) is 7.18. The van der Waals surface area contributed by atoms with Gasteiger partial charge in [0.2, 0.25) is 0 Å². The highest BCUT2D eigenvalue weighted by Crippen LogP contribution is 2.32. The summed E-state index contributed by atoms with van der Waals surface area (Å²) in [6, 6.07) is 8.41. The van der Waals surface area contributed by atoms with Gasteiger partial charge in [-0.25, -0.2) is 4.39 Å². The molecule has 4 nitrogen and oxygen atoms in total. The van der Waals surface area contributed by atoms with E-state index in [4.69, 9.17) is 9.47 Å². The summed E-state index contributed by atoms with van der Waals surface area (Å²) in [6.07, 6.45) is -0.630. The number of nitrogens with zero attached hydrogens (tertiary/aromatic N) is 1. The molecule has 0 spiro atoms. The fraction of sp³-hybridized carbons (Fsp3) is 0.375. The van der Waals surface area contributed by atoms with E-state index in [1.807, 2.05) is 22.4 Å². The van der Waals surface area contributed by atoms with Gasteiger partial charge in [0.05, 0.1) is 31.5 Å². The normalized spacial score (nSPS) is 15.3. The van der Waals surface area contributed by atoms with E-state index in [0.29, 0.717) is 37.7 Å². The second-order valence-electron chi connectivity index (χ2n) is 5.15. The van der Waals surface area contributed by atoms with Crippen LogP contribution in [0.4, 0.5) is 10.1 Å². The third kappa shape index (κ3) is 3.76. The van der Waals surface area contributed by atoms with Gasteiger partial charge in [-0.2, -0.15) is 0 Å². The summed E-state index contributed by atoms with van der Waals surface area (Å²) >= 11 is 1.63. The number of benzene rings is 1. The number of rotatable bonds is 6. The van der Waals surface area contributed by atoms with Gasteiger partial charge in [0.15, 0.2) is 0 Å². The smallest absolute Gasteiger partial charge is 0.142 e. The lowest BCUT2D eigenvalue weighted by atomic mass is 10.2. The van der Waals surface area contributed by atoms with Crippen LogP contribution in [0.3, 0.4) is 0 Å². The fourth-order valence-corrected chi connectivity index (χ4v) is 3.07. The third-order valence-electron chi connectivity index (χ3n) is 3.45. The molecule has 1 aliphatic heterocycles. The van der Waals surface area contributed by atoms with Gasteiger partial charge in [-0.3, -0.25) is 0 Å². The molecule has 1 aliphatic rings. The van der Waals surface area contributed by atoms with Crippen LogP contribution in [-0.2, 0) is 11.3 Å². The molecule has 2 heterocycles. The van der Waals surface area contributed by atoms with Crippen molar-refractivity contribution in [1.82, 2.24) is 0 Å². The summed E-state index contributed by atoms with van der Waals surface area (Å²) in [5.41, 5.74) is 0.684. The molecular weight excluding hydrogens is 305 g/mol. The minimum absolute atomic E-state index is 0.250. The van der Waals surface area contributed by atoms with E-state index in [9.17, 15) is 9.50 Å². The highest BCUT2D eigenvalue weighted by atomic mass is 32.1. The van der Waals surface area contributed by atoms with Crippen molar-refractivity contribution in [3.05, 3.63) is 46.4 Å². The van der Waals surface area contributed by atoms with Crippen LogP contribution in [0.5, 0.6) is 5.75 Å². The van der Waals surface area contributed by atoms with E-state index in [2.05, 4.69) is 0 Å². The van der Waals surface area contributed by atoms with Crippen molar-refractivity contribution in [2.24, 2.45) is 0 Å².